The molecule has 1 heterocycles. The summed E-state index contributed by atoms with van der Waals surface area (Å²) in [6, 6.07) is 0. The summed E-state index contributed by atoms with van der Waals surface area (Å²) in [6.07, 6.45) is 10.7. The summed E-state index contributed by atoms with van der Waals surface area (Å²) in [5, 5.41) is 10.8. The van der Waals surface area contributed by atoms with Gasteiger partial charge in [0.25, 0.3) is 0 Å². The summed E-state index contributed by atoms with van der Waals surface area (Å²) in [5.74, 6) is 2.49. The van der Waals surface area contributed by atoms with E-state index in [9.17, 15) is 5.11 Å². The number of aliphatic hydroxyl groups is 1. The Hall–Kier alpha value is -0.830. The molecule has 0 amide bonds. The molecule has 0 radical (unpaired) electrons. The van der Waals surface area contributed by atoms with Crippen LogP contribution < -0.4 is 0 Å². The van der Waals surface area contributed by atoms with Gasteiger partial charge in [-0.15, -0.1) is 0 Å². The number of rotatable bonds is 2. The van der Waals surface area contributed by atoms with Crippen LogP contribution in [-0.2, 0) is 12.6 Å². The van der Waals surface area contributed by atoms with Crippen molar-refractivity contribution in [2.24, 2.45) is 18.9 Å². The van der Waals surface area contributed by atoms with Gasteiger partial charge in [0, 0.05) is 19.4 Å². The van der Waals surface area contributed by atoms with Crippen LogP contribution in [0.4, 0.5) is 0 Å². The van der Waals surface area contributed by atoms with E-state index in [0.717, 1.165) is 36.9 Å². The van der Waals surface area contributed by atoms with Crippen molar-refractivity contribution in [1.82, 2.24) is 9.55 Å². The molecular weight excluding hydrogens is 200 g/mol. The lowest BCUT2D eigenvalue weighted by molar-refractivity contribution is -0.0345. The Morgan fingerprint density at radius 2 is 2.19 bits per heavy atom. The third kappa shape index (κ3) is 1.67. The molecule has 2 unspecified atom stereocenters. The molecule has 1 aromatic rings. The zero-order valence-electron chi connectivity index (χ0n) is 9.89. The highest BCUT2D eigenvalue weighted by Crippen LogP contribution is 2.49. The lowest BCUT2D eigenvalue weighted by Crippen LogP contribution is -2.35. The van der Waals surface area contributed by atoms with Crippen LogP contribution in [0.1, 0.15) is 44.3 Å². The molecular formula is C13H20N2O. The lowest BCUT2D eigenvalue weighted by atomic mass is 9.75. The normalized spacial score (nSPS) is 35.2. The van der Waals surface area contributed by atoms with Gasteiger partial charge in [-0.1, -0.05) is 0 Å². The van der Waals surface area contributed by atoms with Gasteiger partial charge in [-0.25, -0.2) is 4.98 Å². The van der Waals surface area contributed by atoms with Crippen LogP contribution in [0, 0.1) is 11.8 Å². The van der Waals surface area contributed by atoms with Gasteiger partial charge in [0.1, 0.15) is 11.4 Å². The van der Waals surface area contributed by atoms with Crippen LogP contribution in [-0.4, -0.2) is 14.7 Å². The topological polar surface area (TPSA) is 38.0 Å². The molecule has 2 saturated carbocycles. The Kier molecular flexibility index (Phi) is 2.32. The number of hydrogen-bond donors (Lipinski definition) is 1. The first kappa shape index (κ1) is 10.3. The van der Waals surface area contributed by atoms with E-state index in [1.165, 1.54) is 19.3 Å². The van der Waals surface area contributed by atoms with Crippen molar-refractivity contribution in [2.45, 2.75) is 44.1 Å². The summed E-state index contributed by atoms with van der Waals surface area (Å²) in [4.78, 5) is 4.34. The highest BCUT2D eigenvalue weighted by atomic mass is 16.3. The predicted molar refractivity (Wildman–Crippen MR) is 61.8 cm³/mol. The fraction of sp³-hybridized carbons (Fsp3) is 0.769. The van der Waals surface area contributed by atoms with E-state index in [-0.39, 0.29) is 0 Å². The molecule has 0 bridgehead atoms. The van der Waals surface area contributed by atoms with Crippen LogP contribution in [0.25, 0.3) is 0 Å². The zero-order chi connectivity index (χ0) is 11.2. The minimum absolute atomic E-state index is 0.663. The quantitative estimate of drug-likeness (QED) is 0.829. The highest BCUT2D eigenvalue weighted by Gasteiger charge is 2.43. The summed E-state index contributed by atoms with van der Waals surface area (Å²) >= 11 is 0. The minimum atomic E-state index is -0.663. The lowest BCUT2D eigenvalue weighted by Gasteiger charge is -2.36. The second-order valence-corrected chi connectivity index (χ2v) is 5.59. The molecule has 2 aliphatic rings. The fourth-order valence-corrected chi connectivity index (χ4v) is 3.28. The second-order valence-electron chi connectivity index (χ2n) is 5.59. The second kappa shape index (κ2) is 3.59. The molecule has 88 valence electrons. The Morgan fingerprint density at radius 3 is 2.81 bits per heavy atom. The summed E-state index contributed by atoms with van der Waals surface area (Å²) < 4.78 is 1.97. The van der Waals surface area contributed by atoms with Crippen LogP contribution in [0.5, 0.6) is 0 Å². The maximum atomic E-state index is 10.8. The first-order valence-electron chi connectivity index (χ1n) is 6.39. The molecule has 2 aliphatic carbocycles. The van der Waals surface area contributed by atoms with Gasteiger partial charge in [-0.05, 0) is 50.4 Å². The molecule has 0 aliphatic heterocycles. The van der Waals surface area contributed by atoms with E-state index in [1.807, 2.05) is 17.8 Å². The van der Waals surface area contributed by atoms with Gasteiger partial charge < -0.3 is 9.67 Å². The Balaban J connectivity index is 1.83. The molecule has 2 fully saturated rings. The van der Waals surface area contributed by atoms with Crippen molar-refractivity contribution in [1.29, 1.82) is 0 Å². The van der Waals surface area contributed by atoms with Crippen molar-refractivity contribution >= 4 is 0 Å². The van der Waals surface area contributed by atoms with Gasteiger partial charge >= 0.3 is 0 Å². The van der Waals surface area contributed by atoms with E-state index < -0.39 is 5.60 Å². The molecule has 3 nitrogen and oxygen atoms in total. The van der Waals surface area contributed by atoms with E-state index in [4.69, 9.17) is 0 Å². The monoisotopic (exact) mass is 220 g/mol. The smallest absolute Gasteiger partial charge is 0.140 e. The van der Waals surface area contributed by atoms with Crippen molar-refractivity contribution in [3.8, 4) is 0 Å². The minimum Gasteiger partial charge on any atom is -0.382 e. The van der Waals surface area contributed by atoms with Crippen LogP contribution >= 0.6 is 0 Å². The first-order valence-corrected chi connectivity index (χ1v) is 6.39. The maximum Gasteiger partial charge on any atom is 0.140 e. The average Bonchev–Trinajstić information content (AvgIpc) is 3.01. The van der Waals surface area contributed by atoms with Gasteiger partial charge in [-0.3, -0.25) is 0 Å². The Bertz CT molecular complexity index is 383. The fourth-order valence-electron chi connectivity index (χ4n) is 3.28. The predicted octanol–water partition coefficient (Wildman–Crippen LogP) is 2.21. The molecule has 1 N–H and O–H groups in total. The van der Waals surface area contributed by atoms with Crippen LogP contribution in [0.3, 0.4) is 0 Å². The van der Waals surface area contributed by atoms with Gasteiger partial charge in [0.15, 0.2) is 0 Å². The largest absolute Gasteiger partial charge is 0.382 e. The third-order valence-electron chi connectivity index (χ3n) is 4.29. The third-order valence-corrected chi connectivity index (χ3v) is 4.29. The van der Waals surface area contributed by atoms with Gasteiger partial charge in [0.05, 0.1) is 0 Å². The molecule has 0 aromatic carbocycles. The molecule has 1 aromatic heterocycles. The number of hydrogen-bond acceptors (Lipinski definition) is 2. The van der Waals surface area contributed by atoms with Gasteiger partial charge in [0.2, 0.25) is 0 Å². The summed E-state index contributed by atoms with van der Waals surface area (Å²) in [5.41, 5.74) is -0.663. The van der Waals surface area contributed by atoms with E-state index in [1.54, 1.807) is 6.20 Å². The first-order chi connectivity index (χ1) is 7.69. The SMILES string of the molecule is Cn1ccnc1C1(O)CCCC(C2CC2)C1. The van der Waals surface area contributed by atoms with E-state index in [2.05, 4.69) is 4.98 Å². The standard InChI is InChI=1S/C13H20N2O/c1-15-8-7-14-12(15)13(16)6-2-3-11(9-13)10-4-5-10/h7-8,10-11,16H,2-6,9H2,1H3. The van der Waals surface area contributed by atoms with E-state index in [0.29, 0.717) is 0 Å². The summed E-state index contributed by atoms with van der Waals surface area (Å²) in [6.45, 7) is 0. The molecule has 0 spiro atoms. The maximum absolute atomic E-state index is 10.8. The van der Waals surface area contributed by atoms with Crippen LogP contribution in [0.2, 0.25) is 0 Å². The summed E-state index contributed by atoms with van der Waals surface area (Å²) in [7, 11) is 1.97. The van der Waals surface area contributed by atoms with Crippen molar-refractivity contribution in [2.75, 3.05) is 0 Å². The number of aromatic nitrogens is 2. The Morgan fingerprint density at radius 1 is 1.38 bits per heavy atom. The molecule has 16 heavy (non-hydrogen) atoms. The number of nitrogens with zero attached hydrogens (tertiary/aromatic N) is 2. The van der Waals surface area contributed by atoms with Crippen molar-refractivity contribution in [3.63, 3.8) is 0 Å². The van der Waals surface area contributed by atoms with Crippen molar-refractivity contribution < 1.29 is 5.11 Å². The zero-order valence-corrected chi connectivity index (χ0v) is 9.89. The van der Waals surface area contributed by atoms with Crippen LogP contribution in [0.15, 0.2) is 12.4 Å². The molecule has 3 heteroatoms. The number of aryl methyl sites for hydroxylation is 1. The molecule has 0 saturated heterocycles. The Labute approximate surface area is 96.5 Å². The number of imidazole rings is 1. The average molecular weight is 220 g/mol. The molecule has 3 rings (SSSR count). The van der Waals surface area contributed by atoms with Crippen molar-refractivity contribution in [3.05, 3.63) is 18.2 Å². The van der Waals surface area contributed by atoms with Gasteiger partial charge in [-0.2, -0.15) is 0 Å². The highest BCUT2D eigenvalue weighted by molar-refractivity contribution is 5.07. The molecule has 2 atom stereocenters. The van der Waals surface area contributed by atoms with E-state index >= 15 is 0 Å².